The molecule has 1 amide bonds. The van der Waals surface area contributed by atoms with Crippen molar-refractivity contribution in [2.75, 3.05) is 5.32 Å². The van der Waals surface area contributed by atoms with Crippen molar-refractivity contribution in [3.05, 3.63) is 75.2 Å². The average molecular weight is 402 g/mol. The molecule has 0 unspecified atom stereocenters. The van der Waals surface area contributed by atoms with Crippen molar-refractivity contribution in [1.29, 1.82) is 0 Å². The minimum absolute atomic E-state index is 0.0796. The zero-order valence-corrected chi connectivity index (χ0v) is 16.4. The normalized spacial score (nSPS) is 12.9. The number of amides is 1. The number of hydrogen-bond acceptors (Lipinski definition) is 3. The van der Waals surface area contributed by atoms with Gasteiger partial charge in [-0.2, -0.15) is 16.9 Å². The van der Waals surface area contributed by atoms with Crippen LogP contribution in [0.2, 0.25) is 5.02 Å². The Morgan fingerprint density at radius 1 is 1.22 bits per heavy atom. The van der Waals surface area contributed by atoms with Gasteiger partial charge in [-0.1, -0.05) is 23.7 Å². The summed E-state index contributed by atoms with van der Waals surface area (Å²) in [5.74, 6) is 0.883. The number of nitrogens with zero attached hydrogens (tertiary/aromatic N) is 2. The maximum absolute atomic E-state index is 14.2. The summed E-state index contributed by atoms with van der Waals surface area (Å²) in [4.78, 5) is 12.8. The molecule has 138 valence electrons. The van der Waals surface area contributed by atoms with Gasteiger partial charge >= 0.3 is 0 Å². The van der Waals surface area contributed by atoms with E-state index in [1.165, 1.54) is 18.2 Å². The smallest absolute Gasteiger partial charge is 0.261 e. The number of rotatable bonds is 3. The lowest BCUT2D eigenvalue weighted by molar-refractivity contribution is 0.102. The predicted molar refractivity (Wildman–Crippen MR) is 107 cm³/mol. The van der Waals surface area contributed by atoms with Crippen molar-refractivity contribution < 1.29 is 9.18 Å². The second-order valence-corrected chi connectivity index (χ2v) is 7.97. The van der Waals surface area contributed by atoms with Gasteiger partial charge in [-0.3, -0.25) is 4.79 Å². The van der Waals surface area contributed by atoms with Crippen LogP contribution in [0.3, 0.4) is 0 Å². The molecule has 0 saturated carbocycles. The lowest BCUT2D eigenvalue weighted by Crippen LogP contribution is -2.18. The Bertz CT molecular complexity index is 1020. The van der Waals surface area contributed by atoms with Gasteiger partial charge in [0.05, 0.1) is 22.0 Å². The van der Waals surface area contributed by atoms with Gasteiger partial charge in [0, 0.05) is 17.1 Å². The third-order valence-electron chi connectivity index (χ3n) is 4.42. The number of carbonyl (C=O) groups excluding carboxylic acids is 1. The minimum Gasteiger partial charge on any atom is -0.306 e. The third-order valence-corrected chi connectivity index (χ3v) is 5.71. The Balaban J connectivity index is 1.80. The molecule has 2 heterocycles. The molecule has 7 heteroatoms. The SMILES string of the molecule is Cc1cc(C)cc(-n2nc3c(c2NC(=O)c2c(F)cccc2Cl)CSC3)c1. The van der Waals surface area contributed by atoms with Crippen LogP contribution in [0.4, 0.5) is 10.2 Å². The number of nitrogens with one attached hydrogen (secondary N) is 1. The van der Waals surface area contributed by atoms with E-state index < -0.39 is 11.7 Å². The summed E-state index contributed by atoms with van der Waals surface area (Å²) in [6.45, 7) is 4.03. The maximum atomic E-state index is 14.2. The van der Waals surface area contributed by atoms with Gasteiger partial charge in [0.1, 0.15) is 11.6 Å². The topological polar surface area (TPSA) is 46.9 Å². The summed E-state index contributed by atoms with van der Waals surface area (Å²) in [6.07, 6.45) is 0. The lowest BCUT2D eigenvalue weighted by atomic mass is 10.1. The number of halogens is 2. The molecule has 4 rings (SSSR count). The lowest BCUT2D eigenvalue weighted by Gasteiger charge is -2.13. The van der Waals surface area contributed by atoms with Crippen molar-refractivity contribution >= 4 is 35.1 Å². The summed E-state index contributed by atoms with van der Waals surface area (Å²) < 4.78 is 15.9. The number of fused-ring (bicyclic) bond motifs is 1. The Hall–Kier alpha value is -2.31. The first-order valence-corrected chi connectivity index (χ1v) is 10.00. The van der Waals surface area contributed by atoms with Gasteiger partial charge in [0.15, 0.2) is 0 Å². The monoisotopic (exact) mass is 401 g/mol. The number of thioether (sulfide) groups is 1. The van der Waals surface area contributed by atoms with Crippen LogP contribution >= 0.6 is 23.4 Å². The third kappa shape index (κ3) is 3.35. The zero-order valence-electron chi connectivity index (χ0n) is 14.8. The number of anilines is 1. The Labute approximate surface area is 165 Å². The molecule has 1 N–H and O–H groups in total. The maximum Gasteiger partial charge on any atom is 0.261 e. The summed E-state index contributed by atoms with van der Waals surface area (Å²) in [5, 5.41) is 7.62. The highest BCUT2D eigenvalue weighted by Crippen LogP contribution is 2.36. The van der Waals surface area contributed by atoms with Gasteiger partial charge in [-0.05, 0) is 49.2 Å². The number of aryl methyl sites for hydroxylation is 2. The summed E-state index contributed by atoms with van der Waals surface area (Å²) in [5.41, 5.74) is 4.82. The van der Waals surface area contributed by atoms with Crippen molar-refractivity contribution in [2.24, 2.45) is 0 Å². The molecule has 0 radical (unpaired) electrons. The van der Waals surface area contributed by atoms with E-state index >= 15 is 0 Å². The quantitative estimate of drug-likeness (QED) is 0.649. The van der Waals surface area contributed by atoms with E-state index in [1.54, 1.807) is 16.4 Å². The molecule has 1 aliphatic rings. The molecule has 0 aliphatic carbocycles. The Morgan fingerprint density at radius 3 is 2.67 bits per heavy atom. The largest absolute Gasteiger partial charge is 0.306 e. The Morgan fingerprint density at radius 2 is 1.96 bits per heavy atom. The molecule has 0 fully saturated rings. The van der Waals surface area contributed by atoms with Gasteiger partial charge in [0.25, 0.3) is 5.91 Å². The summed E-state index contributed by atoms with van der Waals surface area (Å²) >= 11 is 7.79. The van der Waals surface area contributed by atoms with Gasteiger partial charge in [0.2, 0.25) is 0 Å². The van der Waals surface area contributed by atoms with Crippen molar-refractivity contribution in [3.8, 4) is 5.69 Å². The first-order chi connectivity index (χ1) is 12.9. The molecular formula is C20H17ClFN3OS. The van der Waals surface area contributed by atoms with Gasteiger partial charge in [-0.15, -0.1) is 0 Å². The molecule has 2 aromatic carbocycles. The molecular weight excluding hydrogens is 385 g/mol. The van der Waals surface area contributed by atoms with E-state index in [2.05, 4.69) is 16.5 Å². The molecule has 1 aliphatic heterocycles. The van der Waals surface area contributed by atoms with Gasteiger partial charge < -0.3 is 5.32 Å². The van der Waals surface area contributed by atoms with Crippen molar-refractivity contribution in [2.45, 2.75) is 25.4 Å². The average Bonchev–Trinajstić information content (AvgIpc) is 3.16. The van der Waals surface area contributed by atoms with Gasteiger partial charge in [-0.25, -0.2) is 9.07 Å². The fraction of sp³-hybridized carbons (Fsp3) is 0.200. The molecule has 0 spiro atoms. The molecule has 0 bridgehead atoms. The van der Waals surface area contributed by atoms with E-state index in [-0.39, 0.29) is 10.6 Å². The van der Waals surface area contributed by atoms with E-state index in [0.29, 0.717) is 5.82 Å². The number of benzene rings is 2. The summed E-state index contributed by atoms with van der Waals surface area (Å²) in [6, 6.07) is 10.3. The van der Waals surface area contributed by atoms with Crippen molar-refractivity contribution in [1.82, 2.24) is 9.78 Å². The van der Waals surface area contributed by atoms with E-state index in [0.717, 1.165) is 39.6 Å². The fourth-order valence-electron chi connectivity index (χ4n) is 3.29. The Kier molecular flexibility index (Phi) is 4.70. The molecule has 4 nitrogen and oxygen atoms in total. The minimum atomic E-state index is -0.650. The van der Waals surface area contributed by atoms with Crippen LogP contribution in [-0.4, -0.2) is 15.7 Å². The van der Waals surface area contributed by atoms with Crippen LogP contribution in [0.5, 0.6) is 0 Å². The van der Waals surface area contributed by atoms with Crippen LogP contribution in [0.1, 0.15) is 32.7 Å². The van der Waals surface area contributed by atoms with E-state index in [4.69, 9.17) is 11.6 Å². The van der Waals surface area contributed by atoms with Crippen LogP contribution in [0.15, 0.2) is 36.4 Å². The second kappa shape index (κ2) is 7.02. The first kappa shape index (κ1) is 18.1. The molecule has 1 aromatic heterocycles. The number of carbonyl (C=O) groups is 1. The van der Waals surface area contributed by atoms with Crippen molar-refractivity contribution in [3.63, 3.8) is 0 Å². The molecule has 3 aromatic rings. The number of hydrogen-bond donors (Lipinski definition) is 1. The second-order valence-electron chi connectivity index (χ2n) is 6.58. The molecule has 0 atom stereocenters. The highest BCUT2D eigenvalue weighted by Gasteiger charge is 2.26. The number of aromatic nitrogens is 2. The highest BCUT2D eigenvalue weighted by molar-refractivity contribution is 7.98. The molecule has 0 saturated heterocycles. The standard InChI is InChI=1S/C20H17ClFN3OS/c1-11-6-12(2)8-13(7-11)25-19(14-9-27-10-17(14)24-25)23-20(26)18-15(21)4-3-5-16(18)22/h3-8H,9-10H2,1-2H3,(H,23,26). The molecule has 27 heavy (non-hydrogen) atoms. The van der Waals surface area contributed by atoms with E-state index in [1.807, 2.05) is 26.0 Å². The van der Waals surface area contributed by atoms with Crippen LogP contribution in [-0.2, 0) is 11.5 Å². The predicted octanol–water partition coefficient (Wildman–Crippen LogP) is 5.28. The fourth-order valence-corrected chi connectivity index (χ4v) is 4.57. The van der Waals surface area contributed by atoms with Crippen LogP contribution in [0.25, 0.3) is 5.69 Å². The first-order valence-electron chi connectivity index (χ1n) is 8.46. The van der Waals surface area contributed by atoms with E-state index in [9.17, 15) is 9.18 Å². The van der Waals surface area contributed by atoms with Crippen LogP contribution < -0.4 is 5.32 Å². The highest BCUT2D eigenvalue weighted by atomic mass is 35.5. The van der Waals surface area contributed by atoms with Crippen LogP contribution in [0, 0.1) is 19.7 Å². The summed E-state index contributed by atoms with van der Waals surface area (Å²) in [7, 11) is 0. The zero-order chi connectivity index (χ0) is 19.1.